The number of aliphatic imine (C=N–C) groups is 1. The van der Waals surface area contributed by atoms with Crippen molar-refractivity contribution < 1.29 is 9.53 Å². The first-order valence-corrected chi connectivity index (χ1v) is 7.02. The minimum Gasteiger partial charge on any atom is -0.496 e. The molecule has 19 heavy (non-hydrogen) atoms. The van der Waals surface area contributed by atoms with Crippen molar-refractivity contribution >= 4 is 6.08 Å². The Balaban J connectivity index is 2.44. The van der Waals surface area contributed by atoms with Crippen molar-refractivity contribution in [2.75, 3.05) is 7.11 Å². The maximum Gasteiger partial charge on any atom is 0.235 e. The van der Waals surface area contributed by atoms with Crippen molar-refractivity contribution in [1.82, 2.24) is 0 Å². The predicted molar refractivity (Wildman–Crippen MR) is 75.3 cm³/mol. The molecule has 3 heteroatoms. The van der Waals surface area contributed by atoms with E-state index in [-0.39, 0.29) is 5.54 Å². The molecule has 3 nitrogen and oxygen atoms in total. The maximum atomic E-state index is 10.8. The van der Waals surface area contributed by atoms with Crippen LogP contribution < -0.4 is 4.74 Å². The molecule has 1 fully saturated rings. The highest BCUT2D eigenvalue weighted by atomic mass is 16.5. The first kappa shape index (κ1) is 13.8. The topological polar surface area (TPSA) is 38.7 Å². The Labute approximate surface area is 114 Å². The maximum absolute atomic E-state index is 10.8. The third-order valence-corrected chi connectivity index (χ3v) is 4.14. The second kappa shape index (κ2) is 6.03. The predicted octanol–water partition coefficient (Wildman–Crippen LogP) is 3.75. The summed E-state index contributed by atoms with van der Waals surface area (Å²) >= 11 is 0. The fourth-order valence-electron chi connectivity index (χ4n) is 3.03. The van der Waals surface area contributed by atoms with Crippen molar-refractivity contribution in [3.05, 3.63) is 29.3 Å². The average Bonchev–Trinajstić information content (AvgIpc) is 2.47. The zero-order chi connectivity index (χ0) is 13.7. The molecule has 0 radical (unpaired) electrons. The number of hydrogen-bond donors (Lipinski definition) is 0. The highest BCUT2D eigenvalue weighted by Gasteiger charge is 2.34. The summed E-state index contributed by atoms with van der Waals surface area (Å²) in [5, 5.41) is 0. The van der Waals surface area contributed by atoms with Gasteiger partial charge >= 0.3 is 0 Å². The van der Waals surface area contributed by atoms with Crippen LogP contribution in [0, 0.1) is 0 Å². The zero-order valence-corrected chi connectivity index (χ0v) is 11.7. The van der Waals surface area contributed by atoms with Crippen LogP contribution in [-0.4, -0.2) is 13.2 Å². The van der Waals surface area contributed by atoms with E-state index in [4.69, 9.17) is 4.74 Å². The van der Waals surface area contributed by atoms with Gasteiger partial charge < -0.3 is 4.74 Å². The van der Waals surface area contributed by atoms with Gasteiger partial charge in [-0.15, -0.1) is 0 Å². The molecule has 0 aromatic heterocycles. The number of carbonyl (C=O) groups excluding carboxylic acids is 1. The number of rotatable bonds is 4. The Morgan fingerprint density at radius 2 is 2.05 bits per heavy atom. The zero-order valence-electron chi connectivity index (χ0n) is 11.7. The molecule has 0 spiro atoms. The summed E-state index contributed by atoms with van der Waals surface area (Å²) in [6.07, 6.45) is 8.06. The molecule has 0 N–H and O–H groups in total. The molecule has 0 atom stereocenters. The first-order chi connectivity index (χ1) is 9.25. The van der Waals surface area contributed by atoms with Crippen LogP contribution in [0.3, 0.4) is 0 Å². The molecule has 1 aliphatic rings. The van der Waals surface area contributed by atoms with E-state index < -0.39 is 0 Å². The van der Waals surface area contributed by atoms with Gasteiger partial charge in [-0.2, -0.15) is 4.99 Å². The van der Waals surface area contributed by atoms with E-state index in [1.807, 2.05) is 12.1 Å². The van der Waals surface area contributed by atoms with E-state index in [0.717, 1.165) is 43.4 Å². The van der Waals surface area contributed by atoms with Crippen LogP contribution in [0.25, 0.3) is 0 Å². The summed E-state index contributed by atoms with van der Waals surface area (Å²) in [7, 11) is 1.69. The van der Waals surface area contributed by atoms with Crippen LogP contribution in [0.4, 0.5) is 0 Å². The highest BCUT2D eigenvalue weighted by Crippen LogP contribution is 2.41. The molecule has 1 aliphatic carbocycles. The molecule has 102 valence electrons. The number of ether oxygens (including phenoxy) is 1. The summed E-state index contributed by atoms with van der Waals surface area (Å²) in [5.41, 5.74) is 1.95. The van der Waals surface area contributed by atoms with E-state index >= 15 is 0 Å². The summed E-state index contributed by atoms with van der Waals surface area (Å²) in [6, 6.07) is 6.18. The molecule has 0 unspecified atom stereocenters. The smallest absolute Gasteiger partial charge is 0.235 e. The molecule has 1 saturated carbocycles. The van der Waals surface area contributed by atoms with Crippen LogP contribution in [0.2, 0.25) is 0 Å². The molecule has 2 rings (SSSR count). The number of isocyanates is 1. The summed E-state index contributed by atoms with van der Waals surface area (Å²) in [5.74, 6) is 0.910. The number of benzene rings is 1. The molecule has 0 amide bonds. The van der Waals surface area contributed by atoms with Gasteiger partial charge in [-0.1, -0.05) is 32.3 Å². The standard InChI is InChI=1S/C16H21NO2/c1-3-13-11-14(7-8-15(13)19-2)16(17-12-18)9-5-4-6-10-16/h7-8,11H,3-6,9-10H2,1-2H3. The van der Waals surface area contributed by atoms with Crippen LogP contribution >= 0.6 is 0 Å². The normalized spacial score (nSPS) is 17.6. The van der Waals surface area contributed by atoms with Crippen molar-refractivity contribution in [3.8, 4) is 5.75 Å². The van der Waals surface area contributed by atoms with Gasteiger partial charge in [-0.25, -0.2) is 4.79 Å². The van der Waals surface area contributed by atoms with Gasteiger partial charge in [0.1, 0.15) is 5.75 Å². The fraction of sp³-hybridized carbons (Fsp3) is 0.562. The Morgan fingerprint density at radius 1 is 1.32 bits per heavy atom. The largest absolute Gasteiger partial charge is 0.496 e. The molecular weight excluding hydrogens is 238 g/mol. The van der Waals surface area contributed by atoms with Gasteiger partial charge in [0.05, 0.1) is 12.6 Å². The SMILES string of the molecule is CCc1cc(C2(N=C=O)CCCCC2)ccc1OC. The fourth-order valence-corrected chi connectivity index (χ4v) is 3.03. The number of aryl methyl sites for hydroxylation is 1. The van der Waals surface area contributed by atoms with Gasteiger partial charge in [0.25, 0.3) is 0 Å². The van der Waals surface area contributed by atoms with Crippen molar-refractivity contribution in [1.29, 1.82) is 0 Å². The lowest BCUT2D eigenvalue weighted by Gasteiger charge is -2.33. The monoisotopic (exact) mass is 259 g/mol. The molecule has 1 aromatic carbocycles. The van der Waals surface area contributed by atoms with E-state index in [1.165, 1.54) is 12.0 Å². The van der Waals surface area contributed by atoms with E-state index in [9.17, 15) is 4.79 Å². The van der Waals surface area contributed by atoms with E-state index in [1.54, 1.807) is 13.2 Å². The van der Waals surface area contributed by atoms with Crippen molar-refractivity contribution in [3.63, 3.8) is 0 Å². The van der Waals surface area contributed by atoms with Crippen LogP contribution in [0.15, 0.2) is 23.2 Å². The van der Waals surface area contributed by atoms with E-state index in [2.05, 4.69) is 18.0 Å². The summed E-state index contributed by atoms with van der Waals surface area (Å²) in [4.78, 5) is 15.0. The first-order valence-electron chi connectivity index (χ1n) is 7.02. The third-order valence-electron chi connectivity index (χ3n) is 4.14. The molecule has 0 saturated heterocycles. The molecule has 0 bridgehead atoms. The van der Waals surface area contributed by atoms with Gasteiger partial charge in [-0.05, 0) is 42.5 Å². The number of hydrogen-bond acceptors (Lipinski definition) is 3. The summed E-state index contributed by atoms with van der Waals surface area (Å²) < 4.78 is 5.36. The Morgan fingerprint density at radius 3 is 2.63 bits per heavy atom. The lowest BCUT2D eigenvalue weighted by atomic mass is 9.76. The molecule has 1 aromatic rings. The molecular formula is C16H21NO2. The average molecular weight is 259 g/mol. The summed E-state index contributed by atoms with van der Waals surface area (Å²) in [6.45, 7) is 2.11. The minimum absolute atomic E-state index is 0.351. The van der Waals surface area contributed by atoms with Crippen LogP contribution in [-0.2, 0) is 16.8 Å². The molecule has 0 aliphatic heterocycles. The second-order valence-corrected chi connectivity index (χ2v) is 5.18. The second-order valence-electron chi connectivity index (χ2n) is 5.18. The Kier molecular flexibility index (Phi) is 4.39. The van der Waals surface area contributed by atoms with E-state index in [0.29, 0.717) is 0 Å². The Hall–Kier alpha value is -1.60. The highest BCUT2D eigenvalue weighted by molar-refractivity contribution is 5.43. The van der Waals surface area contributed by atoms with Crippen molar-refractivity contribution in [2.45, 2.75) is 51.0 Å². The van der Waals surface area contributed by atoms with Gasteiger partial charge in [-0.3, -0.25) is 0 Å². The number of nitrogens with zero attached hydrogens (tertiary/aromatic N) is 1. The Bertz CT molecular complexity index is 484. The molecule has 0 heterocycles. The quantitative estimate of drug-likeness (QED) is 0.610. The third kappa shape index (κ3) is 2.71. The lowest BCUT2D eigenvalue weighted by molar-refractivity contribution is 0.303. The minimum atomic E-state index is -0.351. The van der Waals surface area contributed by atoms with Crippen molar-refractivity contribution in [2.24, 2.45) is 4.99 Å². The van der Waals surface area contributed by atoms with Crippen LogP contribution in [0.5, 0.6) is 5.75 Å². The van der Waals surface area contributed by atoms with Crippen LogP contribution in [0.1, 0.15) is 50.2 Å². The lowest BCUT2D eigenvalue weighted by Crippen LogP contribution is -2.26. The van der Waals surface area contributed by atoms with Gasteiger partial charge in [0.2, 0.25) is 6.08 Å². The number of methoxy groups -OCH3 is 1. The van der Waals surface area contributed by atoms with Gasteiger partial charge in [0.15, 0.2) is 0 Å². The van der Waals surface area contributed by atoms with Gasteiger partial charge in [0, 0.05) is 0 Å².